The highest BCUT2D eigenvalue weighted by Crippen LogP contribution is 2.13. The fraction of sp³-hybridized carbons (Fsp3) is 0.615. The van der Waals surface area contributed by atoms with Crippen molar-refractivity contribution in [2.24, 2.45) is 0 Å². The molecule has 116 valence electrons. The summed E-state index contributed by atoms with van der Waals surface area (Å²) in [6.45, 7) is 1.85. The van der Waals surface area contributed by atoms with Gasteiger partial charge >= 0.3 is 12.0 Å². The average molecular weight is 313 g/mol. The lowest BCUT2D eigenvalue weighted by atomic mass is 10.1. The Labute approximate surface area is 126 Å². The van der Waals surface area contributed by atoms with Crippen LogP contribution in [-0.4, -0.2) is 59.8 Å². The topological polar surface area (TPSA) is 91.8 Å². The molecule has 0 atom stereocenters. The van der Waals surface area contributed by atoms with Crippen LogP contribution in [0, 0.1) is 0 Å². The Balaban J connectivity index is 1.70. The van der Waals surface area contributed by atoms with Crippen LogP contribution in [0.2, 0.25) is 0 Å². The predicted molar refractivity (Wildman–Crippen MR) is 77.8 cm³/mol. The van der Waals surface area contributed by atoms with Crippen molar-refractivity contribution in [3.8, 4) is 0 Å². The van der Waals surface area contributed by atoms with Crippen molar-refractivity contribution in [3.05, 3.63) is 16.1 Å². The third-order valence-corrected chi connectivity index (χ3v) is 4.36. The highest BCUT2D eigenvalue weighted by atomic mass is 32.1. The van der Waals surface area contributed by atoms with Gasteiger partial charge < -0.3 is 20.1 Å². The highest BCUT2D eigenvalue weighted by molar-refractivity contribution is 7.09. The van der Waals surface area contributed by atoms with Crippen LogP contribution in [0.1, 0.15) is 28.3 Å². The number of rotatable bonds is 5. The molecule has 0 aromatic carbocycles. The van der Waals surface area contributed by atoms with E-state index >= 15 is 0 Å². The summed E-state index contributed by atoms with van der Waals surface area (Å²) < 4.78 is 5.27. The molecule has 1 aromatic heterocycles. The number of thiazole rings is 1. The van der Waals surface area contributed by atoms with Crippen molar-refractivity contribution in [2.45, 2.75) is 25.4 Å². The quantitative estimate of drug-likeness (QED) is 0.852. The van der Waals surface area contributed by atoms with Crippen LogP contribution in [-0.2, 0) is 11.2 Å². The van der Waals surface area contributed by atoms with Crippen molar-refractivity contribution in [1.82, 2.24) is 15.2 Å². The molecule has 1 aliphatic heterocycles. The minimum absolute atomic E-state index is 0.0583. The largest absolute Gasteiger partial charge is 0.476 e. The first-order valence-corrected chi connectivity index (χ1v) is 7.71. The number of ether oxygens (including phenoxy) is 1. The van der Waals surface area contributed by atoms with Crippen LogP contribution >= 0.6 is 11.3 Å². The molecule has 0 aliphatic carbocycles. The van der Waals surface area contributed by atoms with E-state index in [1.54, 1.807) is 12.0 Å². The fourth-order valence-corrected chi connectivity index (χ4v) is 2.98. The number of aromatic carboxylic acids is 1. The van der Waals surface area contributed by atoms with Crippen molar-refractivity contribution >= 4 is 23.3 Å². The van der Waals surface area contributed by atoms with Crippen LogP contribution in [0.3, 0.4) is 0 Å². The van der Waals surface area contributed by atoms with Gasteiger partial charge in [0.25, 0.3) is 0 Å². The molecule has 1 saturated heterocycles. The van der Waals surface area contributed by atoms with E-state index in [1.165, 1.54) is 16.7 Å². The summed E-state index contributed by atoms with van der Waals surface area (Å²) >= 11 is 1.30. The first-order chi connectivity index (χ1) is 10.1. The molecular formula is C13H19N3O4S. The van der Waals surface area contributed by atoms with E-state index in [0.29, 0.717) is 31.1 Å². The number of hydrogen-bond acceptors (Lipinski definition) is 5. The number of methoxy groups -OCH3 is 1. The third kappa shape index (κ3) is 4.40. The van der Waals surface area contributed by atoms with E-state index in [-0.39, 0.29) is 17.8 Å². The number of carbonyl (C=O) groups is 2. The number of likely N-dealkylation sites (tertiary alicyclic amines) is 1. The summed E-state index contributed by atoms with van der Waals surface area (Å²) in [4.78, 5) is 28.4. The number of carbonyl (C=O) groups excluding carboxylic acids is 1. The summed E-state index contributed by atoms with van der Waals surface area (Å²) in [6, 6.07) is -0.0837. The van der Waals surface area contributed by atoms with Gasteiger partial charge in [0.05, 0.1) is 11.1 Å². The standard InChI is InChI=1S/C13H19N3O4S/c1-20-9-3-6-16(7-4-9)13(19)14-5-2-11-15-10(8-21-11)12(17)18/h8-9H,2-7H2,1H3,(H,14,19)(H,17,18). The van der Waals surface area contributed by atoms with E-state index < -0.39 is 5.97 Å². The Morgan fingerprint density at radius 2 is 2.24 bits per heavy atom. The molecule has 1 aliphatic rings. The molecule has 1 fully saturated rings. The van der Waals surface area contributed by atoms with Gasteiger partial charge in [0.1, 0.15) is 0 Å². The second-order valence-electron chi connectivity index (χ2n) is 4.84. The molecule has 0 radical (unpaired) electrons. The van der Waals surface area contributed by atoms with Crippen molar-refractivity contribution in [3.63, 3.8) is 0 Å². The lowest BCUT2D eigenvalue weighted by Crippen LogP contribution is -2.46. The number of amides is 2. The second kappa shape index (κ2) is 7.37. The molecular weight excluding hydrogens is 294 g/mol. The number of aromatic nitrogens is 1. The van der Waals surface area contributed by atoms with E-state index in [0.717, 1.165) is 12.8 Å². The maximum absolute atomic E-state index is 12.0. The van der Waals surface area contributed by atoms with Crippen LogP contribution in [0.25, 0.3) is 0 Å². The predicted octanol–water partition coefficient (Wildman–Crippen LogP) is 1.20. The summed E-state index contributed by atoms with van der Waals surface area (Å²) in [7, 11) is 1.69. The van der Waals surface area contributed by atoms with Crippen LogP contribution in [0.15, 0.2) is 5.38 Å². The number of urea groups is 1. The number of nitrogens with zero attached hydrogens (tertiary/aromatic N) is 2. The summed E-state index contributed by atoms with van der Waals surface area (Å²) in [5, 5.41) is 13.8. The molecule has 7 nitrogen and oxygen atoms in total. The van der Waals surface area contributed by atoms with Crippen LogP contribution in [0.4, 0.5) is 4.79 Å². The molecule has 21 heavy (non-hydrogen) atoms. The Kier molecular flexibility index (Phi) is 5.51. The maximum atomic E-state index is 12.0. The zero-order valence-corrected chi connectivity index (χ0v) is 12.7. The van der Waals surface area contributed by atoms with E-state index in [1.807, 2.05) is 0 Å². The monoisotopic (exact) mass is 313 g/mol. The Bertz CT molecular complexity index is 497. The zero-order chi connectivity index (χ0) is 15.2. The molecule has 0 spiro atoms. The van der Waals surface area contributed by atoms with Gasteiger partial charge in [-0.3, -0.25) is 0 Å². The summed E-state index contributed by atoms with van der Waals surface area (Å²) in [5.41, 5.74) is 0.0583. The van der Waals surface area contributed by atoms with E-state index in [4.69, 9.17) is 9.84 Å². The Morgan fingerprint density at radius 1 is 1.52 bits per heavy atom. The molecule has 2 N–H and O–H groups in total. The molecule has 0 saturated carbocycles. The minimum Gasteiger partial charge on any atom is -0.476 e. The number of carboxylic acid groups (broad SMARTS) is 1. The Morgan fingerprint density at radius 3 is 2.81 bits per heavy atom. The molecule has 1 aromatic rings. The van der Waals surface area contributed by atoms with Gasteiger partial charge in [-0.15, -0.1) is 11.3 Å². The van der Waals surface area contributed by atoms with Gasteiger partial charge in [-0.1, -0.05) is 0 Å². The van der Waals surface area contributed by atoms with E-state index in [2.05, 4.69) is 10.3 Å². The fourth-order valence-electron chi connectivity index (χ4n) is 2.21. The van der Waals surface area contributed by atoms with Gasteiger partial charge in [0, 0.05) is 38.5 Å². The lowest BCUT2D eigenvalue weighted by molar-refractivity contribution is 0.0504. The Hall–Kier alpha value is -1.67. The molecule has 2 amide bonds. The number of nitrogens with one attached hydrogen (secondary N) is 1. The zero-order valence-electron chi connectivity index (χ0n) is 11.9. The number of piperidine rings is 1. The minimum atomic E-state index is -1.03. The van der Waals surface area contributed by atoms with Crippen molar-refractivity contribution in [2.75, 3.05) is 26.7 Å². The van der Waals surface area contributed by atoms with Gasteiger partial charge in [-0.25, -0.2) is 14.6 Å². The van der Waals surface area contributed by atoms with Gasteiger partial charge in [0.2, 0.25) is 0 Å². The van der Waals surface area contributed by atoms with E-state index in [9.17, 15) is 9.59 Å². The SMILES string of the molecule is COC1CCN(C(=O)NCCc2nc(C(=O)O)cs2)CC1. The molecule has 8 heteroatoms. The first kappa shape index (κ1) is 15.7. The summed E-state index contributed by atoms with van der Waals surface area (Å²) in [6.07, 6.45) is 2.51. The number of carboxylic acids is 1. The molecule has 0 bridgehead atoms. The molecule has 2 rings (SSSR count). The summed E-state index contributed by atoms with van der Waals surface area (Å²) in [5.74, 6) is -1.03. The van der Waals surface area contributed by atoms with Crippen molar-refractivity contribution in [1.29, 1.82) is 0 Å². The second-order valence-corrected chi connectivity index (χ2v) is 5.78. The normalized spacial score (nSPS) is 16.0. The van der Waals surface area contributed by atoms with Gasteiger partial charge in [-0.05, 0) is 12.8 Å². The first-order valence-electron chi connectivity index (χ1n) is 6.83. The van der Waals surface area contributed by atoms with Crippen LogP contribution < -0.4 is 5.32 Å². The third-order valence-electron chi connectivity index (χ3n) is 3.45. The highest BCUT2D eigenvalue weighted by Gasteiger charge is 2.22. The van der Waals surface area contributed by atoms with Gasteiger partial charge in [-0.2, -0.15) is 0 Å². The van der Waals surface area contributed by atoms with Crippen LogP contribution in [0.5, 0.6) is 0 Å². The van der Waals surface area contributed by atoms with Gasteiger partial charge in [0.15, 0.2) is 5.69 Å². The smallest absolute Gasteiger partial charge is 0.355 e. The average Bonchev–Trinajstić information content (AvgIpc) is 2.96. The molecule has 2 heterocycles. The lowest BCUT2D eigenvalue weighted by Gasteiger charge is -2.31. The number of hydrogen-bond donors (Lipinski definition) is 2. The maximum Gasteiger partial charge on any atom is 0.355 e. The molecule has 0 unspecified atom stereocenters. The van der Waals surface area contributed by atoms with Crippen molar-refractivity contribution < 1.29 is 19.4 Å².